The smallest absolute Gasteiger partial charge is 0.109 e. The molecule has 8 bridgehead atoms. The van der Waals surface area contributed by atoms with Gasteiger partial charge in [-0.05, 0) is 88.0 Å². The minimum absolute atomic E-state index is 0.0834. The van der Waals surface area contributed by atoms with E-state index < -0.39 is 0 Å². The lowest BCUT2D eigenvalue weighted by Gasteiger charge is -2.19. The van der Waals surface area contributed by atoms with E-state index in [0.29, 0.717) is 18.3 Å². The average Bonchev–Trinajstić information content (AvgIpc) is 3.68. The van der Waals surface area contributed by atoms with Crippen molar-refractivity contribution >= 4 is 17.1 Å². The van der Waals surface area contributed by atoms with Gasteiger partial charge in [-0.2, -0.15) is 0 Å². The molecule has 6 nitrogen and oxygen atoms in total. The second kappa shape index (κ2) is 10.6. The summed E-state index contributed by atoms with van der Waals surface area (Å²) in [5, 5.41) is 15.3. The van der Waals surface area contributed by atoms with Crippen molar-refractivity contribution in [3.63, 3.8) is 0 Å². The van der Waals surface area contributed by atoms with E-state index in [1.807, 2.05) is 6.92 Å². The first-order chi connectivity index (χ1) is 20.1. The van der Waals surface area contributed by atoms with E-state index in [4.69, 9.17) is 19.7 Å². The van der Waals surface area contributed by atoms with Crippen molar-refractivity contribution in [3.05, 3.63) is 91.5 Å². The van der Waals surface area contributed by atoms with Crippen LogP contribution in [0.25, 0.3) is 0 Å². The van der Waals surface area contributed by atoms with E-state index in [9.17, 15) is 5.11 Å². The van der Waals surface area contributed by atoms with Crippen LogP contribution in [0.1, 0.15) is 81.6 Å². The molecule has 2 unspecified atom stereocenters. The quantitative estimate of drug-likeness (QED) is 0.342. The van der Waals surface area contributed by atoms with Crippen LogP contribution in [0.15, 0.2) is 106 Å². The Labute approximate surface area is 250 Å². The second-order valence-corrected chi connectivity index (χ2v) is 12.3. The van der Waals surface area contributed by atoms with E-state index in [1.165, 1.54) is 22.5 Å². The molecular weight excluding hydrogens is 520 g/mol. The van der Waals surface area contributed by atoms with E-state index in [-0.39, 0.29) is 17.9 Å². The highest BCUT2D eigenvalue weighted by atomic mass is 16.5. The van der Waals surface area contributed by atoms with Gasteiger partial charge in [0.15, 0.2) is 0 Å². The summed E-state index contributed by atoms with van der Waals surface area (Å²) >= 11 is 0. The highest BCUT2D eigenvalue weighted by molar-refractivity contribution is 6.21. The maximum atomic E-state index is 11.5. The van der Waals surface area contributed by atoms with Gasteiger partial charge in [-0.25, -0.2) is 15.0 Å². The topological polar surface area (TPSA) is 78.6 Å². The lowest BCUT2D eigenvalue weighted by Crippen LogP contribution is -2.17. The van der Waals surface area contributed by atoms with E-state index in [2.05, 4.69) is 78.9 Å². The summed E-state index contributed by atoms with van der Waals surface area (Å²) in [6.45, 7) is 20.0. The van der Waals surface area contributed by atoms with Crippen LogP contribution in [0.2, 0.25) is 0 Å². The molecule has 0 radical (unpaired) electrons. The van der Waals surface area contributed by atoms with Crippen LogP contribution in [-0.2, 0) is 4.74 Å². The molecule has 0 saturated carbocycles. The Kier molecular flexibility index (Phi) is 7.25. The Morgan fingerprint density at radius 1 is 0.929 bits per heavy atom. The van der Waals surface area contributed by atoms with E-state index in [0.717, 1.165) is 81.4 Å². The van der Waals surface area contributed by atoms with Gasteiger partial charge in [0.2, 0.25) is 0 Å². The predicted molar refractivity (Wildman–Crippen MR) is 173 cm³/mol. The fourth-order valence-corrected chi connectivity index (χ4v) is 7.54. The first-order valence-electron chi connectivity index (χ1n) is 15.7. The molecule has 220 valence electrons. The number of rotatable bonds is 6. The molecule has 1 fully saturated rings. The molecule has 0 amide bonds. The molecule has 1 aliphatic carbocycles. The summed E-state index contributed by atoms with van der Waals surface area (Å²) in [5.41, 5.74) is 15.6. The fourth-order valence-electron chi connectivity index (χ4n) is 7.54. The highest BCUT2D eigenvalue weighted by Crippen LogP contribution is 2.48. The summed E-state index contributed by atoms with van der Waals surface area (Å²) < 4.78 is 6.12. The Morgan fingerprint density at radius 2 is 1.64 bits per heavy atom. The van der Waals surface area contributed by atoms with Gasteiger partial charge < -0.3 is 15.2 Å². The molecule has 6 rings (SSSR count). The molecule has 5 heterocycles. The molecule has 6 heteroatoms. The molecular formula is C36H44N4O2. The van der Waals surface area contributed by atoms with Gasteiger partial charge in [0.05, 0.1) is 40.3 Å². The third-order valence-electron chi connectivity index (χ3n) is 9.92. The summed E-state index contributed by atoms with van der Waals surface area (Å²) in [6, 6.07) is 0. The summed E-state index contributed by atoms with van der Waals surface area (Å²) in [5.74, 6) is 0.907. The SMILES string of the molecule is CCC[C@@H]1C2=C3C4=NC(=C(C)C4=C(O)C3C)C=C3N=C(C=C4N=C(C=C(N2)[C@H]1C)C(C)=C4C(C)OCC)C(C)=C3CC. The highest BCUT2D eigenvalue weighted by Gasteiger charge is 2.44. The van der Waals surface area contributed by atoms with Crippen molar-refractivity contribution in [2.75, 3.05) is 6.61 Å². The molecule has 6 aliphatic rings. The van der Waals surface area contributed by atoms with E-state index >= 15 is 0 Å². The van der Waals surface area contributed by atoms with Gasteiger partial charge in [0.1, 0.15) is 5.76 Å². The monoisotopic (exact) mass is 564 g/mol. The lowest BCUT2D eigenvalue weighted by molar-refractivity contribution is 0.103. The molecule has 0 aromatic heterocycles. The summed E-state index contributed by atoms with van der Waals surface area (Å²) in [7, 11) is 0. The van der Waals surface area contributed by atoms with Gasteiger partial charge in [-0.1, -0.05) is 34.1 Å². The number of ether oxygens (including phenoxy) is 1. The Morgan fingerprint density at radius 3 is 2.33 bits per heavy atom. The fraction of sp³-hybridized carbons (Fsp3) is 0.472. The maximum Gasteiger partial charge on any atom is 0.109 e. The van der Waals surface area contributed by atoms with Gasteiger partial charge in [-0.15, -0.1) is 0 Å². The molecule has 0 aromatic carbocycles. The van der Waals surface area contributed by atoms with Crippen LogP contribution < -0.4 is 5.32 Å². The largest absolute Gasteiger partial charge is 0.511 e. The van der Waals surface area contributed by atoms with Crippen LogP contribution in [0.5, 0.6) is 0 Å². The van der Waals surface area contributed by atoms with E-state index in [1.54, 1.807) is 0 Å². The third kappa shape index (κ3) is 4.21. The van der Waals surface area contributed by atoms with Crippen molar-refractivity contribution < 1.29 is 9.84 Å². The molecule has 0 aromatic rings. The van der Waals surface area contributed by atoms with Gasteiger partial charge >= 0.3 is 0 Å². The summed E-state index contributed by atoms with van der Waals surface area (Å²) in [6.07, 6.45) is 9.42. The molecule has 2 N–H and O–H groups in total. The number of aliphatic imine (C=N–C) groups is 3. The number of aliphatic hydroxyl groups excluding tert-OH is 1. The molecule has 1 saturated heterocycles. The van der Waals surface area contributed by atoms with Crippen molar-refractivity contribution in [1.29, 1.82) is 0 Å². The summed E-state index contributed by atoms with van der Waals surface area (Å²) in [4.78, 5) is 15.6. The zero-order valence-electron chi connectivity index (χ0n) is 26.6. The van der Waals surface area contributed by atoms with Crippen LogP contribution in [0.4, 0.5) is 0 Å². The average molecular weight is 565 g/mol. The molecule has 4 atom stereocenters. The van der Waals surface area contributed by atoms with Crippen LogP contribution in [-0.4, -0.2) is 35.0 Å². The second-order valence-electron chi connectivity index (χ2n) is 12.3. The van der Waals surface area contributed by atoms with Gasteiger partial charge in [0.25, 0.3) is 0 Å². The number of allylic oxidation sites excluding steroid dienone is 11. The Balaban J connectivity index is 1.64. The normalized spacial score (nSPS) is 27.5. The van der Waals surface area contributed by atoms with Crippen molar-refractivity contribution in [2.45, 2.75) is 87.7 Å². The van der Waals surface area contributed by atoms with Gasteiger partial charge in [-0.3, -0.25) is 0 Å². The first-order valence-corrected chi connectivity index (χ1v) is 15.7. The molecule has 42 heavy (non-hydrogen) atoms. The minimum atomic E-state index is -0.113. The zero-order chi connectivity index (χ0) is 30.0. The van der Waals surface area contributed by atoms with Crippen molar-refractivity contribution in [3.8, 4) is 0 Å². The molecule has 5 aliphatic heterocycles. The van der Waals surface area contributed by atoms with Crippen LogP contribution >= 0.6 is 0 Å². The molecule has 0 spiro atoms. The van der Waals surface area contributed by atoms with Gasteiger partial charge in [0, 0.05) is 52.5 Å². The van der Waals surface area contributed by atoms with Crippen LogP contribution in [0, 0.1) is 17.8 Å². The standard InChI is InChI=1S/C36H44N4O2/c1-10-13-24-18(5)26-14-27-19(6)31(22(9)42-12-3)30(38-27)16-25-17(4)23(11-2)29(37-25)15-28-20(7)33-35(40-28)32(34(24)39-26)21(8)36(33)41/h14-16,18,21-22,24,39,41H,10-13H2,1-9H3/t18-,21?,22?,24-/m0/s1. The number of nitrogens with zero attached hydrogens (tertiary/aromatic N) is 3. The van der Waals surface area contributed by atoms with Crippen molar-refractivity contribution in [1.82, 2.24) is 5.32 Å². The lowest BCUT2D eigenvalue weighted by atomic mass is 9.85. The number of hydrogen-bond acceptors (Lipinski definition) is 6. The predicted octanol–water partition coefficient (Wildman–Crippen LogP) is 8.13. The number of aliphatic hydroxyl groups is 1. The minimum Gasteiger partial charge on any atom is -0.511 e. The first kappa shape index (κ1) is 28.6. The number of hydrogen-bond donors (Lipinski definition) is 2. The number of fused-ring (bicyclic) bond motifs is 5. The third-order valence-corrected chi connectivity index (χ3v) is 9.92. The van der Waals surface area contributed by atoms with Crippen LogP contribution in [0.3, 0.4) is 0 Å². The van der Waals surface area contributed by atoms with Crippen molar-refractivity contribution in [2.24, 2.45) is 32.7 Å². The zero-order valence-corrected chi connectivity index (χ0v) is 26.6. The number of nitrogens with one attached hydrogen (secondary N) is 1. The Bertz CT molecular complexity index is 1630. The maximum absolute atomic E-state index is 11.5. The Hall–Kier alpha value is -3.51.